The number of carbonyl (C=O) groups is 2. The molecule has 1 heterocycles. The summed E-state index contributed by atoms with van der Waals surface area (Å²) in [6.45, 7) is 8.79. The van der Waals surface area contributed by atoms with Crippen LogP contribution in [-0.2, 0) is 20.7 Å². The van der Waals surface area contributed by atoms with Gasteiger partial charge in [-0.3, -0.25) is 9.59 Å². The van der Waals surface area contributed by atoms with Crippen molar-refractivity contribution in [2.75, 3.05) is 0 Å². The molecule has 2 rings (SSSR count). The molecule has 0 bridgehead atoms. The zero-order valence-electron chi connectivity index (χ0n) is 17.7. The third kappa shape index (κ3) is 8.21. The van der Waals surface area contributed by atoms with E-state index in [1.807, 2.05) is 39.8 Å². The first-order chi connectivity index (χ1) is 14.0. The van der Waals surface area contributed by atoms with Crippen molar-refractivity contribution in [3.05, 3.63) is 52.8 Å². The summed E-state index contributed by atoms with van der Waals surface area (Å²) in [4.78, 5) is 31.3. The molecule has 0 aliphatic carbocycles. The number of carbonyl (C=O) groups excluding carboxylic acids is 2. The zero-order chi connectivity index (χ0) is 22.3. The van der Waals surface area contributed by atoms with Crippen molar-refractivity contribution in [1.29, 1.82) is 0 Å². The number of aromatic nitrogens is 2. The molecule has 0 saturated heterocycles. The van der Waals surface area contributed by atoms with Crippen LogP contribution in [0.5, 0.6) is 11.8 Å². The quantitative estimate of drug-likeness (QED) is 0.655. The van der Waals surface area contributed by atoms with Crippen molar-refractivity contribution < 1.29 is 19.1 Å². The predicted molar refractivity (Wildman–Crippen MR) is 115 cm³/mol. The van der Waals surface area contributed by atoms with Crippen LogP contribution in [0.4, 0.5) is 0 Å². The molecule has 1 amide bonds. The minimum Gasteiger partial charge on any atom is -0.460 e. The van der Waals surface area contributed by atoms with E-state index < -0.39 is 5.60 Å². The van der Waals surface area contributed by atoms with Crippen molar-refractivity contribution in [3.8, 4) is 11.8 Å². The first kappa shape index (κ1) is 23.3. The van der Waals surface area contributed by atoms with Gasteiger partial charge in [0, 0.05) is 30.9 Å². The molecule has 1 N–H and O–H groups in total. The van der Waals surface area contributed by atoms with Gasteiger partial charge in [0.25, 0.3) is 0 Å². The summed E-state index contributed by atoms with van der Waals surface area (Å²) >= 11 is 6.27. The molecule has 0 aliphatic heterocycles. The predicted octanol–water partition coefficient (Wildman–Crippen LogP) is 4.34. The third-order valence-corrected chi connectivity index (χ3v) is 3.92. The molecule has 0 aliphatic rings. The lowest BCUT2D eigenvalue weighted by molar-refractivity contribution is -0.153. The Bertz CT molecular complexity index is 921. The largest absolute Gasteiger partial charge is 0.460 e. The van der Waals surface area contributed by atoms with Gasteiger partial charge in [0.1, 0.15) is 11.4 Å². The van der Waals surface area contributed by atoms with E-state index in [-0.39, 0.29) is 30.3 Å². The van der Waals surface area contributed by atoms with Crippen LogP contribution in [0.15, 0.2) is 36.7 Å². The number of ether oxygens (including phenoxy) is 2. The van der Waals surface area contributed by atoms with E-state index in [2.05, 4.69) is 15.3 Å². The highest BCUT2D eigenvalue weighted by atomic mass is 35.5. The number of hydrogen-bond acceptors (Lipinski definition) is 6. The Morgan fingerprint density at radius 1 is 1.23 bits per heavy atom. The van der Waals surface area contributed by atoms with Gasteiger partial charge in [-0.1, -0.05) is 29.8 Å². The van der Waals surface area contributed by atoms with Crippen LogP contribution < -0.4 is 10.1 Å². The molecule has 0 radical (unpaired) electrons. The molecule has 1 atom stereocenters. The number of rotatable bonds is 7. The van der Waals surface area contributed by atoms with Crippen molar-refractivity contribution in [2.24, 2.45) is 0 Å². The maximum Gasteiger partial charge on any atom is 0.321 e. The van der Waals surface area contributed by atoms with Gasteiger partial charge in [0.15, 0.2) is 0 Å². The molecule has 0 saturated carbocycles. The fraction of sp³-hybridized carbons (Fsp3) is 0.364. The normalized spacial score (nSPS) is 12.5. The Balaban J connectivity index is 1.98. The fourth-order valence-corrected chi connectivity index (χ4v) is 2.71. The molecule has 7 nitrogen and oxygen atoms in total. The van der Waals surface area contributed by atoms with Crippen molar-refractivity contribution in [2.45, 2.75) is 52.7 Å². The highest BCUT2D eigenvalue weighted by molar-refractivity contribution is 6.32. The van der Waals surface area contributed by atoms with Gasteiger partial charge in [-0.2, -0.15) is 0 Å². The number of nitrogens with one attached hydrogen (secondary N) is 1. The Kier molecular flexibility index (Phi) is 7.94. The average molecular weight is 432 g/mol. The van der Waals surface area contributed by atoms with Crippen LogP contribution in [-0.4, -0.2) is 33.5 Å². The van der Waals surface area contributed by atoms with Crippen molar-refractivity contribution in [1.82, 2.24) is 15.3 Å². The maximum atomic E-state index is 12.0. The van der Waals surface area contributed by atoms with Gasteiger partial charge < -0.3 is 14.8 Å². The number of benzene rings is 1. The average Bonchev–Trinajstić information content (AvgIpc) is 2.61. The van der Waals surface area contributed by atoms with Gasteiger partial charge in [-0.25, -0.2) is 9.97 Å². The second-order valence-corrected chi connectivity index (χ2v) is 8.18. The summed E-state index contributed by atoms with van der Waals surface area (Å²) in [5.74, 6) is -0.0413. The highest BCUT2D eigenvalue weighted by Crippen LogP contribution is 2.29. The number of hydrogen-bond donors (Lipinski definition) is 1. The number of esters is 1. The monoisotopic (exact) mass is 431 g/mol. The maximum absolute atomic E-state index is 12.0. The number of halogens is 1. The van der Waals surface area contributed by atoms with E-state index in [0.717, 1.165) is 11.1 Å². The Morgan fingerprint density at radius 2 is 1.90 bits per heavy atom. The van der Waals surface area contributed by atoms with Gasteiger partial charge in [0.05, 0.1) is 11.4 Å². The molecule has 160 valence electrons. The van der Waals surface area contributed by atoms with Gasteiger partial charge in [0.2, 0.25) is 5.91 Å². The van der Waals surface area contributed by atoms with Crippen LogP contribution in [0.3, 0.4) is 0 Å². The molecule has 30 heavy (non-hydrogen) atoms. The minimum atomic E-state index is -0.537. The van der Waals surface area contributed by atoms with Gasteiger partial charge in [-0.15, -0.1) is 0 Å². The lowest BCUT2D eigenvalue weighted by Gasteiger charge is -2.19. The molecule has 2 aromatic rings. The van der Waals surface area contributed by atoms with E-state index in [1.54, 1.807) is 30.6 Å². The summed E-state index contributed by atoms with van der Waals surface area (Å²) in [7, 11) is 0. The Hall–Kier alpha value is -2.93. The van der Waals surface area contributed by atoms with E-state index in [9.17, 15) is 9.59 Å². The molecular weight excluding hydrogens is 406 g/mol. The summed E-state index contributed by atoms with van der Waals surface area (Å²) in [6.07, 6.45) is 6.96. The molecule has 1 aromatic heterocycles. The van der Waals surface area contributed by atoms with Crippen LogP contribution in [0.2, 0.25) is 5.02 Å². The van der Waals surface area contributed by atoms with Gasteiger partial charge in [-0.05, 0) is 45.4 Å². The fourth-order valence-electron chi connectivity index (χ4n) is 2.47. The third-order valence-electron chi connectivity index (χ3n) is 3.62. The van der Waals surface area contributed by atoms with Crippen molar-refractivity contribution >= 4 is 29.6 Å². The Labute approximate surface area is 181 Å². The smallest absolute Gasteiger partial charge is 0.321 e. The summed E-state index contributed by atoms with van der Waals surface area (Å²) in [5, 5.41) is 3.10. The zero-order valence-corrected chi connectivity index (χ0v) is 18.5. The molecule has 8 heteroatoms. The SMILES string of the molecule is CC(=O)N[C@@H](C)/C=C/c1cnc(Oc2ccc(CC(=O)OC(C)(C)C)cc2Cl)nc1. The van der Waals surface area contributed by atoms with E-state index >= 15 is 0 Å². The topological polar surface area (TPSA) is 90.4 Å². The summed E-state index contributed by atoms with van der Waals surface area (Å²) in [6, 6.07) is 5.10. The molecule has 1 aromatic carbocycles. The van der Waals surface area contributed by atoms with Crippen LogP contribution in [0, 0.1) is 0 Å². The van der Waals surface area contributed by atoms with Crippen molar-refractivity contribution in [3.63, 3.8) is 0 Å². The number of amides is 1. The van der Waals surface area contributed by atoms with Crippen LogP contribution in [0.25, 0.3) is 6.08 Å². The summed E-state index contributed by atoms with van der Waals surface area (Å²) in [5.41, 5.74) is 0.944. The first-order valence-electron chi connectivity index (χ1n) is 9.47. The van der Waals surface area contributed by atoms with E-state index in [4.69, 9.17) is 21.1 Å². The highest BCUT2D eigenvalue weighted by Gasteiger charge is 2.17. The molecule has 0 unspecified atom stereocenters. The van der Waals surface area contributed by atoms with Crippen LogP contribution >= 0.6 is 11.6 Å². The minimum absolute atomic E-state index is 0.0962. The lowest BCUT2D eigenvalue weighted by atomic mass is 10.1. The lowest BCUT2D eigenvalue weighted by Crippen LogP contribution is -2.28. The van der Waals surface area contributed by atoms with Gasteiger partial charge >= 0.3 is 12.0 Å². The Morgan fingerprint density at radius 3 is 2.47 bits per heavy atom. The molecular formula is C22H26ClN3O4. The summed E-state index contributed by atoms with van der Waals surface area (Å²) < 4.78 is 10.9. The second kappa shape index (κ2) is 10.2. The van der Waals surface area contributed by atoms with E-state index in [1.165, 1.54) is 6.92 Å². The first-order valence-corrected chi connectivity index (χ1v) is 9.85. The standard InChI is InChI=1S/C22H26ClN3O4/c1-14(26-15(2)27)6-7-17-12-24-21(25-13-17)29-19-9-8-16(10-18(19)23)11-20(28)30-22(3,4)5/h6-10,12-14H,11H2,1-5H3,(H,26,27)/b7-6+/t14-/m0/s1. The molecule has 0 fully saturated rings. The van der Waals surface area contributed by atoms with E-state index in [0.29, 0.717) is 10.8 Å². The molecule has 0 spiro atoms. The number of nitrogens with zero attached hydrogens (tertiary/aromatic N) is 2. The second-order valence-electron chi connectivity index (χ2n) is 7.78. The van der Waals surface area contributed by atoms with Crippen LogP contribution in [0.1, 0.15) is 45.7 Å².